The number of fused-ring (bicyclic) bond motifs is 1. The van der Waals surface area contributed by atoms with Crippen molar-refractivity contribution in [2.75, 3.05) is 82.0 Å². The summed E-state index contributed by atoms with van der Waals surface area (Å²) >= 11 is 0. The summed E-state index contributed by atoms with van der Waals surface area (Å²) in [6, 6.07) is 12.6. The van der Waals surface area contributed by atoms with Gasteiger partial charge in [-0.2, -0.15) is 0 Å². The predicted octanol–water partition coefficient (Wildman–Crippen LogP) is 1.45. The van der Waals surface area contributed by atoms with E-state index in [1.54, 1.807) is 24.4 Å². The zero-order valence-electron chi connectivity index (χ0n) is 21.8. The summed E-state index contributed by atoms with van der Waals surface area (Å²) in [7, 11) is 4.18. The average molecular weight is 519 g/mol. The van der Waals surface area contributed by atoms with Crippen LogP contribution in [0, 0.1) is 0 Å². The second kappa shape index (κ2) is 11.2. The first-order chi connectivity index (χ1) is 18.4. The highest BCUT2D eigenvalue weighted by Gasteiger charge is 2.28. The first kappa shape index (κ1) is 25.7. The molecule has 0 spiro atoms. The molecule has 2 fully saturated rings. The van der Waals surface area contributed by atoms with Crippen LogP contribution in [0.15, 0.2) is 48.7 Å². The van der Waals surface area contributed by atoms with Crippen LogP contribution in [-0.4, -0.2) is 99.1 Å². The lowest BCUT2D eigenvalue weighted by atomic mass is 9.95. The highest BCUT2D eigenvalue weighted by atomic mass is 16.2. The fourth-order valence-electron chi connectivity index (χ4n) is 4.76. The van der Waals surface area contributed by atoms with Crippen molar-refractivity contribution in [3.05, 3.63) is 59.8 Å². The molecule has 2 aromatic carbocycles. The van der Waals surface area contributed by atoms with Crippen molar-refractivity contribution in [2.24, 2.45) is 0 Å². The number of likely N-dealkylation sites (N-methyl/N-ethyl adjacent to an activating group) is 2. The molecular formula is C27H34N8O3. The van der Waals surface area contributed by atoms with Gasteiger partial charge in [-0.3, -0.25) is 20.3 Å². The summed E-state index contributed by atoms with van der Waals surface area (Å²) in [5.41, 5.74) is 6.46. The van der Waals surface area contributed by atoms with Gasteiger partial charge in [0.05, 0.1) is 5.57 Å². The molecule has 0 bridgehead atoms. The first-order valence-corrected chi connectivity index (χ1v) is 12.9. The van der Waals surface area contributed by atoms with Gasteiger partial charge in [-0.25, -0.2) is 9.80 Å². The van der Waals surface area contributed by atoms with Crippen LogP contribution in [0.4, 0.5) is 21.9 Å². The molecule has 38 heavy (non-hydrogen) atoms. The normalized spacial score (nSPS) is 20.2. The second-order valence-corrected chi connectivity index (χ2v) is 9.94. The second-order valence-electron chi connectivity index (χ2n) is 9.94. The molecule has 3 heterocycles. The Morgan fingerprint density at radius 1 is 0.789 bits per heavy atom. The van der Waals surface area contributed by atoms with E-state index in [0.29, 0.717) is 22.4 Å². The lowest BCUT2D eigenvalue weighted by Crippen LogP contribution is -2.53. The lowest BCUT2D eigenvalue weighted by molar-refractivity contribution is -0.114. The molecule has 5 rings (SSSR count). The molecule has 3 aliphatic rings. The number of urea groups is 1. The van der Waals surface area contributed by atoms with Gasteiger partial charge in [0.15, 0.2) is 0 Å². The van der Waals surface area contributed by atoms with Crippen LogP contribution in [0.2, 0.25) is 0 Å². The number of carbonyl (C=O) groups excluding carboxylic acids is 3. The molecule has 200 valence electrons. The summed E-state index contributed by atoms with van der Waals surface area (Å²) < 4.78 is 0. The van der Waals surface area contributed by atoms with Crippen LogP contribution in [0.1, 0.15) is 15.9 Å². The lowest BCUT2D eigenvalue weighted by Gasteiger charge is -2.34. The number of hydrogen-bond donors (Lipinski definition) is 4. The Balaban J connectivity index is 1.28. The number of hydrazine groups is 1. The summed E-state index contributed by atoms with van der Waals surface area (Å²) in [5, 5.41) is 10.3. The maximum atomic E-state index is 12.7. The number of imide groups is 1. The van der Waals surface area contributed by atoms with E-state index in [-0.39, 0.29) is 6.03 Å². The molecule has 0 aliphatic carbocycles. The van der Waals surface area contributed by atoms with Crippen LogP contribution in [0.5, 0.6) is 0 Å². The van der Waals surface area contributed by atoms with Gasteiger partial charge in [0.1, 0.15) is 0 Å². The van der Waals surface area contributed by atoms with Crippen molar-refractivity contribution >= 4 is 40.5 Å². The Bertz CT molecular complexity index is 1230. The Morgan fingerprint density at radius 3 is 2.11 bits per heavy atom. The van der Waals surface area contributed by atoms with Gasteiger partial charge in [-0.15, -0.1) is 0 Å². The van der Waals surface area contributed by atoms with Crippen molar-refractivity contribution in [2.45, 2.75) is 0 Å². The molecule has 11 heteroatoms. The fourth-order valence-corrected chi connectivity index (χ4v) is 4.76. The number of anilines is 3. The molecule has 3 aliphatic heterocycles. The molecule has 0 radical (unpaired) electrons. The van der Waals surface area contributed by atoms with E-state index in [1.165, 1.54) is 0 Å². The number of nitrogens with zero attached hydrogens (tertiary/aromatic N) is 4. The van der Waals surface area contributed by atoms with Gasteiger partial charge in [0.25, 0.3) is 11.8 Å². The van der Waals surface area contributed by atoms with Gasteiger partial charge in [0.2, 0.25) is 0 Å². The van der Waals surface area contributed by atoms with Crippen molar-refractivity contribution in [3.8, 4) is 0 Å². The Morgan fingerprint density at radius 2 is 1.42 bits per heavy atom. The molecule has 0 saturated carbocycles. The molecule has 0 aromatic heterocycles. The molecular weight excluding hydrogens is 484 g/mol. The smallest absolute Gasteiger partial charge is 0.333 e. The van der Waals surface area contributed by atoms with Crippen molar-refractivity contribution < 1.29 is 14.4 Å². The highest BCUT2D eigenvalue weighted by Crippen LogP contribution is 2.28. The van der Waals surface area contributed by atoms with Gasteiger partial charge in [-0.05, 0) is 56.6 Å². The minimum atomic E-state index is -0.497. The van der Waals surface area contributed by atoms with Crippen molar-refractivity contribution in [3.63, 3.8) is 0 Å². The van der Waals surface area contributed by atoms with E-state index in [1.807, 2.05) is 24.2 Å². The van der Waals surface area contributed by atoms with Crippen LogP contribution in [0.3, 0.4) is 0 Å². The predicted molar refractivity (Wildman–Crippen MR) is 148 cm³/mol. The van der Waals surface area contributed by atoms with E-state index in [2.05, 4.69) is 55.3 Å². The molecule has 11 nitrogen and oxygen atoms in total. The molecule has 4 N–H and O–H groups in total. The van der Waals surface area contributed by atoms with Crippen LogP contribution < -0.4 is 26.3 Å². The van der Waals surface area contributed by atoms with Gasteiger partial charge in [-0.1, -0.05) is 0 Å². The van der Waals surface area contributed by atoms with E-state index < -0.39 is 11.8 Å². The zero-order chi connectivity index (χ0) is 26.6. The maximum Gasteiger partial charge on any atom is 0.333 e. The van der Waals surface area contributed by atoms with Crippen molar-refractivity contribution in [1.82, 2.24) is 25.6 Å². The summed E-state index contributed by atoms with van der Waals surface area (Å²) in [4.78, 5) is 44.6. The molecule has 2 aromatic rings. The minimum Gasteiger partial charge on any atom is -0.369 e. The van der Waals surface area contributed by atoms with Crippen molar-refractivity contribution in [1.29, 1.82) is 0 Å². The quantitative estimate of drug-likeness (QED) is 0.348. The highest BCUT2D eigenvalue weighted by molar-refractivity contribution is 6.31. The Hall–Kier alpha value is -3.93. The van der Waals surface area contributed by atoms with E-state index in [4.69, 9.17) is 0 Å². The third-order valence-electron chi connectivity index (χ3n) is 7.17. The number of piperazine rings is 2. The van der Waals surface area contributed by atoms with Crippen LogP contribution >= 0.6 is 0 Å². The third-order valence-corrected chi connectivity index (χ3v) is 7.17. The maximum absolute atomic E-state index is 12.7. The van der Waals surface area contributed by atoms with Crippen LogP contribution in [0.25, 0.3) is 5.57 Å². The Labute approximate surface area is 222 Å². The number of nitrogens with one attached hydrogen (secondary N) is 4. The summed E-state index contributed by atoms with van der Waals surface area (Å²) in [6.45, 7) is 7.26. The van der Waals surface area contributed by atoms with Gasteiger partial charge >= 0.3 is 6.03 Å². The third kappa shape index (κ3) is 5.96. The minimum absolute atomic E-state index is 0.311. The summed E-state index contributed by atoms with van der Waals surface area (Å²) in [5.74, 6) is -0.963. The van der Waals surface area contributed by atoms with Gasteiger partial charge < -0.3 is 25.3 Å². The van der Waals surface area contributed by atoms with Crippen LogP contribution in [-0.2, 0) is 4.79 Å². The molecule has 0 atom stereocenters. The number of amides is 4. The standard InChI is InChI=1S/C27H34N8O3/c1-32-9-13-34(14-10-32)21-6-3-19(4-7-21)28-18-24-23-17-20(5-8-22(23)25(36)30-26(24)37)29-27(38)31-35-15-11-33(2)12-16-35/h3-8,17-18,28H,9-16H2,1-2H3,(H2,29,31,38)(H,30,36,37)/b24-18-. The molecule has 2 saturated heterocycles. The largest absolute Gasteiger partial charge is 0.369 e. The van der Waals surface area contributed by atoms with Gasteiger partial charge in [0, 0.05) is 86.7 Å². The number of carbonyl (C=O) groups is 3. The fraction of sp³-hybridized carbons (Fsp3) is 0.370. The number of benzene rings is 2. The average Bonchev–Trinajstić information content (AvgIpc) is 2.90. The summed E-state index contributed by atoms with van der Waals surface area (Å²) in [6.07, 6.45) is 1.60. The van der Waals surface area contributed by atoms with E-state index in [9.17, 15) is 14.4 Å². The Kier molecular flexibility index (Phi) is 7.59. The topological polar surface area (TPSA) is 112 Å². The first-order valence-electron chi connectivity index (χ1n) is 12.9. The molecule has 4 amide bonds. The number of hydrogen-bond acceptors (Lipinski definition) is 8. The zero-order valence-corrected chi connectivity index (χ0v) is 21.8. The van der Waals surface area contributed by atoms with E-state index in [0.717, 1.165) is 63.7 Å². The molecule has 0 unspecified atom stereocenters. The monoisotopic (exact) mass is 518 g/mol. The SMILES string of the molecule is CN1CCN(NC(=O)Nc2ccc3c(c2)/C(=C/Nc2ccc(N4CCN(C)CC4)cc2)C(=O)NC3=O)CC1. The number of rotatable bonds is 5. The van der Waals surface area contributed by atoms with E-state index >= 15 is 0 Å².